The van der Waals surface area contributed by atoms with Gasteiger partial charge in [-0.25, -0.2) is 0 Å². The van der Waals surface area contributed by atoms with Crippen molar-refractivity contribution in [3.63, 3.8) is 0 Å². The maximum absolute atomic E-state index is 2.37. The topological polar surface area (TPSA) is 6.48 Å². The van der Waals surface area contributed by atoms with Crippen molar-refractivity contribution in [1.82, 2.24) is 0 Å². The minimum atomic E-state index is 1.09. The molecule has 6 aromatic carbocycles. The number of nitrogens with zero attached hydrogens (tertiary/aromatic N) is 2. The third-order valence-corrected chi connectivity index (χ3v) is 8.75. The molecule has 0 bridgehead atoms. The van der Waals surface area contributed by atoms with Gasteiger partial charge in [0.15, 0.2) is 0 Å². The molecule has 0 saturated carbocycles. The Morgan fingerprint density at radius 2 is 1.00 bits per heavy atom. The molecule has 1 aliphatic rings. The summed E-state index contributed by atoms with van der Waals surface area (Å²) in [5, 5.41) is 0. The standard InChI is InChI=1S/C44H38N2/c1-33-12-9-19-42(30-33)45(2)40-26-22-36(23-27-40)37-24-28-41(29-25-37)46(43-20-10-17-38(31-43)34-13-5-3-6-14-34)44-21-11-18-39(32-44)35-15-7-4-8-16-35/h3,5-7,9-32H,4,8H2,1-2H3. The summed E-state index contributed by atoms with van der Waals surface area (Å²) in [6.45, 7) is 2.13. The van der Waals surface area contributed by atoms with E-state index in [1.807, 2.05) is 0 Å². The molecule has 0 radical (unpaired) electrons. The van der Waals surface area contributed by atoms with E-state index in [0.29, 0.717) is 0 Å². The zero-order valence-electron chi connectivity index (χ0n) is 26.5. The van der Waals surface area contributed by atoms with E-state index in [1.165, 1.54) is 50.3 Å². The van der Waals surface area contributed by atoms with Crippen LogP contribution in [0.1, 0.15) is 24.0 Å². The van der Waals surface area contributed by atoms with Crippen LogP contribution in [0.2, 0.25) is 0 Å². The van der Waals surface area contributed by atoms with Gasteiger partial charge in [0.25, 0.3) is 0 Å². The smallest absolute Gasteiger partial charge is 0.0467 e. The third kappa shape index (κ3) is 6.29. The minimum Gasteiger partial charge on any atom is -0.345 e. The first-order chi connectivity index (χ1) is 22.6. The van der Waals surface area contributed by atoms with Gasteiger partial charge in [-0.15, -0.1) is 0 Å². The monoisotopic (exact) mass is 594 g/mol. The SMILES string of the molecule is Cc1cccc(N(C)c2ccc(-c3ccc(N(c4cccc(C5=CCCC=C5)c4)c4cccc(-c5ccccc5)c4)cc3)cc2)c1. The molecule has 0 amide bonds. The number of rotatable bonds is 8. The van der Waals surface area contributed by atoms with E-state index in [2.05, 4.69) is 194 Å². The normalized spacial score (nSPS) is 12.4. The van der Waals surface area contributed by atoms with Crippen LogP contribution in [0.4, 0.5) is 28.4 Å². The van der Waals surface area contributed by atoms with E-state index in [4.69, 9.17) is 0 Å². The van der Waals surface area contributed by atoms with Gasteiger partial charge in [-0.2, -0.15) is 0 Å². The number of benzene rings is 6. The zero-order chi connectivity index (χ0) is 31.3. The zero-order valence-corrected chi connectivity index (χ0v) is 26.5. The van der Waals surface area contributed by atoms with Gasteiger partial charge in [0.05, 0.1) is 0 Å². The number of allylic oxidation sites excluding steroid dienone is 4. The van der Waals surface area contributed by atoms with Gasteiger partial charge in [-0.3, -0.25) is 0 Å². The van der Waals surface area contributed by atoms with Crippen LogP contribution in [0, 0.1) is 6.92 Å². The van der Waals surface area contributed by atoms with Crippen LogP contribution in [0.5, 0.6) is 0 Å². The summed E-state index contributed by atoms with van der Waals surface area (Å²) in [5.74, 6) is 0. The molecule has 1 aliphatic carbocycles. The summed E-state index contributed by atoms with van der Waals surface area (Å²) in [4.78, 5) is 4.60. The second-order valence-corrected chi connectivity index (χ2v) is 11.9. The molecule has 0 aromatic heterocycles. The minimum absolute atomic E-state index is 1.09. The lowest BCUT2D eigenvalue weighted by molar-refractivity contribution is 1.04. The molecule has 0 unspecified atom stereocenters. The fourth-order valence-corrected chi connectivity index (χ4v) is 6.22. The van der Waals surface area contributed by atoms with Gasteiger partial charge in [0, 0.05) is 35.5 Å². The van der Waals surface area contributed by atoms with Gasteiger partial charge in [-0.1, -0.05) is 109 Å². The van der Waals surface area contributed by atoms with Crippen LogP contribution < -0.4 is 9.80 Å². The van der Waals surface area contributed by atoms with Gasteiger partial charge < -0.3 is 9.80 Å². The quantitative estimate of drug-likeness (QED) is 0.173. The predicted molar refractivity (Wildman–Crippen MR) is 198 cm³/mol. The number of anilines is 5. The van der Waals surface area contributed by atoms with Crippen molar-refractivity contribution >= 4 is 34.0 Å². The highest BCUT2D eigenvalue weighted by Gasteiger charge is 2.15. The van der Waals surface area contributed by atoms with E-state index in [0.717, 1.165) is 29.9 Å². The van der Waals surface area contributed by atoms with Crippen molar-refractivity contribution in [1.29, 1.82) is 0 Å². The van der Waals surface area contributed by atoms with Crippen molar-refractivity contribution < 1.29 is 0 Å². The van der Waals surface area contributed by atoms with Crippen LogP contribution in [-0.2, 0) is 0 Å². The first-order valence-electron chi connectivity index (χ1n) is 16.1. The second-order valence-electron chi connectivity index (χ2n) is 11.9. The van der Waals surface area contributed by atoms with Crippen LogP contribution in [0.3, 0.4) is 0 Å². The lowest BCUT2D eigenvalue weighted by Gasteiger charge is -2.27. The Labute approximate surface area is 273 Å². The van der Waals surface area contributed by atoms with Gasteiger partial charge >= 0.3 is 0 Å². The highest BCUT2D eigenvalue weighted by atomic mass is 15.1. The summed E-state index contributed by atoms with van der Waals surface area (Å²) in [6.07, 6.45) is 9.07. The molecular formula is C44H38N2. The molecule has 0 saturated heterocycles. The molecular weight excluding hydrogens is 556 g/mol. The number of hydrogen-bond donors (Lipinski definition) is 0. The molecule has 7 rings (SSSR count). The van der Waals surface area contributed by atoms with Crippen molar-refractivity contribution in [2.45, 2.75) is 19.8 Å². The Balaban J connectivity index is 1.23. The second kappa shape index (κ2) is 13.2. The molecule has 0 heterocycles. The third-order valence-electron chi connectivity index (χ3n) is 8.75. The van der Waals surface area contributed by atoms with Crippen LogP contribution in [0.15, 0.2) is 170 Å². The van der Waals surface area contributed by atoms with Crippen molar-refractivity contribution in [2.24, 2.45) is 0 Å². The van der Waals surface area contributed by atoms with Gasteiger partial charge in [0.2, 0.25) is 0 Å². The van der Waals surface area contributed by atoms with Crippen molar-refractivity contribution in [2.75, 3.05) is 16.8 Å². The Bertz CT molecular complexity index is 2000. The molecule has 0 aliphatic heterocycles. The number of hydrogen-bond acceptors (Lipinski definition) is 2. The Morgan fingerprint density at radius 3 is 1.65 bits per heavy atom. The van der Waals surface area contributed by atoms with E-state index < -0.39 is 0 Å². The highest BCUT2D eigenvalue weighted by Crippen LogP contribution is 2.39. The van der Waals surface area contributed by atoms with E-state index in [-0.39, 0.29) is 0 Å². The highest BCUT2D eigenvalue weighted by molar-refractivity contribution is 5.84. The summed E-state index contributed by atoms with van der Waals surface area (Å²) in [5.41, 5.74) is 14.3. The van der Waals surface area contributed by atoms with Gasteiger partial charge in [-0.05, 0) is 119 Å². The van der Waals surface area contributed by atoms with E-state index in [9.17, 15) is 0 Å². The maximum Gasteiger partial charge on any atom is 0.0467 e. The lowest BCUT2D eigenvalue weighted by Crippen LogP contribution is -2.10. The Morgan fingerprint density at radius 1 is 0.435 bits per heavy atom. The largest absolute Gasteiger partial charge is 0.345 e. The Hall–Kier alpha value is -5.60. The predicted octanol–water partition coefficient (Wildman–Crippen LogP) is 12.3. The summed E-state index contributed by atoms with van der Waals surface area (Å²) >= 11 is 0. The van der Waals surface area contributed by atoms with Gasteiger partial charge in [0.1, 0.15) is 0 Å². The van der Waals surface area contributed by atoms with Crippen LogP contribution in [-0.4, -0.2) is 7.05 Å². The number of aryl methyl sites for hydroxylation is 1. The fraction of sp³-hybridized carbons (Fsp3) is 0.0909. The van der Waals surface area contributed by atoms with Crippen LogP contribution in [0.25, 0.3) is 27.8 Å². The molecule has 0 atom stereocenters. The molecule has 6 aromatic rings. The van der Waals surface area contributed by atoms with E-state index >= 15 is 0 Å². The molecule has 2 nitrogen and oxygen atoms in total. The van der Waals surface area contributed by atoms with E-state index in [1.54, 1.807) is 0 Å². The summed E-state index contributed by atoms with van der Waals surface area (Å²) < 4.78 is 0. The lowest BCUT2D eigenvalue weighted by atomic mass is 9.98. The molecule has 224 valence electrons. The molecule has 2 heteroatoms. The van der Waals surface area contributed by atoms with Crippen molar-refractivity contribution in [3.8, 4) is 22.3 Å². The molecule has 46 heavy (non-hydrogen) atoms. The molecule has 0 N–H and O–H groups in total. The van der Waals surface area contributed by atoms with Crippen molar-refractivity contribution in [3.05, 3.63) is 181 Å². The molecule has 0 fully saturated rings. The maximum atomic E-state index is 2.37. The van der Waals surface area contributed by atoms with Crippen LogP contribution >= 0.6 is 0 Å². The first-order valence-corrected chi connectivity index (χ1v) is 16.1. The molecule has 0 spiro atoms. The average Bonchev–Trinajstić information content (AvgIpc) is 3.13. The summed E-state index contributed by atoms with van der Waals surface area (Å²) in [7, 11) is 2.12. The fourth-order valence-electron chi connectivity index (χ4n) is 6.22. The average molecular weight is 595 g/mol. The summed E-state index contributed by atoms with van der Waals surface area (Å²) in [6, 6.07) is 54.7. The first kappa shape index (κ1) is 29.1. The Kier molecular flexibility index (Phi) is 8.34.